The second-order valence-electron chi connectivity index (χ2n) is 8.74. The van der Waals surface area contributed by atoms with Crippen LogP contribution >= 0.6 is 0 Å². The molecule has 0 saturated carbocycles. The maximum absolute atomic E-state index is 12.8. The second-order valence-corrected chi connectivity index (χ2v) is 8.74. The molecule has 0 aliphatic carbocycles. The fourth-order valence-electron chi connectivity index (χ4n) is 3.38. The van der Waals surface area contributed by atoms with E-state index in [0.717, 1.165) is 17.7 Å². The van der Waals surface area contributed by atoms with E-state index in [1.54, 1.807) is 36.4 Å². The van der Waals surface area contributed by atoms with E-state index in [2.05, 4.69) is 15.6 Å². The number of carbonyl (C=O) groups excluding carboxylic acids is 1. The third kappa shape index (κ3) is 8.23. The van der Waals surface area contributed by atoms with Gasteiger partial charge in [0, 0.05) is 6.54 Å². The summed E-state index contributed by atoms with van der Waals surface area (Å²) in [4.78, 5) is 26.7. The highest BCUT2D eigenvalue weighted by Crippen LogP contribution is 2.31. The minimum atomic E-state index is -4.37. The Bertz CT molecular complexity index is 1180. The Morgan fingerprint density at radius 3 is 2.11 bits per heavy atom. The van der Waals surface area contributed by atoms with E-state index in [-0.39, 0.29) is 30.6 Å². The standard InChI is InChI=1S/C27H28F3N3O4/c1-17(2)24(33-21-9-12-23(32-15-21)26(36)31-14-13-25(34)35)16-37-22-10-5-19(6-11-22)18-3-7-20(8-4-18)27(28,29)30/h3-12,15,17,24,33H,13-14,16H2,1-2H3,(H,31,36)(H,34,35). The lowest BCUT2D eigenvalue weighted by atomic mass is 10.0. The van der Waals surface area contributed by atoms with Crippen molar-refractivity contribution in [3.63, 3.8) is 0 Å². The number of hydrogen-bond acceptors (Lipinski definition) is 5. The number of anilines is 1. The number of carboxylic acids is 1. The number of nitrogens with one attached hydrogen (secondary N) is 2. The lowest BCUT2D eigenvalue weighted by Gasteiger charge is -2.24. The van der Waals surface area contributed by atoms with Gasteiger partial charge in [-0.15, -0.1) is 0 Å². The largest absolute Gasteiger partial charge is 0.491 e. The van der Waals surface area contributed by atoms with E-state index < -0.39 is 23.6 Å². The zero-order chi connectivity index (χ0) is 27.0. The van der Waals surface area contributed by atoms with Gasteiger partial charge >= 0.3 is 12.1 Å². The summed E-state index contributed by atoms with van der Waals surface area (Å²) in [5.74, 6) is -0.624. The van der Waals surface area contributed by atoms with Gasteiger partial charge in [0.25, 0.3) is 5.91 Å². The van der Waals surface area contributed by atoms with Gasteiger partial charge in [0.1, 0.15) is 18.1 Å². The Morgan fingerprint density at radius 1 is 0.973 bits per heavy atom. The van der Waals surface area contributed by atoms with E-state index >= 15 is 0 Å². The molecular formula is C27H28F3N3O4. The predicted molar refractivity (Wildman–Crippen MR) is 133 cm³/mol. The number of carbonyl (C=O) groups is 2. The van der Waals surface area contributed by atoms with Gasteiger partial charge in [0.15, 0.2) is 0 Å². The summed E-state index contributed by atoms with van der Waals surface area (Å²) in [6.07, 6.45) is -3.01. The minimum Gasteiger partial charge on any atom is -0.491 e. The molecule has 1 heterocycles. The summed E-state index contributed by atoms with van der Waals surface area (Å²) in [7, 11) is 0. The molecular weight excluding hydrogens is 487 g/mol. The number of amides is 1. The number of alkyl halides is 3. The number of carboxylic acid groups (broad SMARTS) is 1. The Kier molecular flexibility index (Phi) is 9.10. The molecule has 1 atom stereocenters. The van der Waals surface area contributed by atoms with Crippen molar-refractivity contribution in [3.05, 3.63) is 78.1 Å². The average Bonchev–Trinajstić information content (AvgIpc) is 2.86. The predicted octanol–water partition coefficient (Wildman–Crippen LogP) is 5.49. The molecule has 0 aliphatic rings. The Morgan fingerprint density at radius 2 is 1.59 bits per heavy atom. The number of pyridine rings is 1. The summed E-state index contributed by atoms with van der Waals surface area (Å²) in [5, 5.41) is 14.5. The topological polar surface area (TPSA) is 101 Å². The van der Waals surface area contributed by atoms with Crippen LogP contribution in [0.15, 0.2) is 66.9 Å². The minimum absolute atomic E-state index is 0.0218. The fraction of sp³-hybridized carbons (Fsp3) is 0.296. The molecule has 1 aromatic heterocycles. The van der Waals surface area contributed by atoms with E-state index in [0.29, 0.717) is 23.6 Å². The van der Waals surface area contributed by atoms with E-state index in [1.165, 1.54) is 18.3 Å². The fourth-order valence-corrected chi connectivity index (χ4v) is 3.38. The van der Waals surface area contributed by atoms with Crippen LogP contribution in [0.3, 0.4) is 0 Å². The lowest BCUT2D eigenvalue weighted by Crippen LogP contribution is -2.32. The first-order valence-corrected chi connectivity index (χ1v) is 11.7. The monoisotopic (exact) mass is 515 g/mol. The van der Waals surface area contributed by atoms with Crippen molar-refractivity contribution in [3.8, 4) is 16.9 Å². The second kappa shape index (κ2) is 12.2. The molecule has 0 radical (unpaired) electrons. The molecule has 0 aliphatic heterocycles. The third-order valence-electron chi connectivity index (χ3n) is 5.61. The molecule has 3 aromatic rings. The number of halogens is 3. The van der Waals surface area contributed by atoms with Crippen molar-refractivity contribution in [1.29, 1.82) is 0 Å². The molecule has 0 spiro atoms. The van der Waals surface area contributed by atoms with Gasteiger partial charge in [-0.1, -0.05) is 38.1 Å². The lowest BCUT2D eigenvalue weighted by molar-refractivity contribution is -0.138. The third-order valence-corrected chi connectivity index (χ3v) is 5.61. The molecule has 2 aromatic carbocycles. The van der Waals surface area contributed by atoms with Crippen LogP contribution < -0.4 is 15.4 Å². The summed E-state index contributed by atoms with van der Waals surface area (Å²) in [6, 6.07) is 15.3. The maximum Gasteiger partial charge on any atom is 0.416 e. The van der Waals surface area contributed by atoms with Crippen LogP contribution in [0.4, 0.5) is 18.9 Å². The molecule has 1 amide bonds. The number of benzene rings is 2. The number of nitrogens with zero attached hydrogens (tertiary/aromatic N) is 1. The van der Waals surface area contributed by atoms with Crippen LogP contribution in [0.25, 0.3) is 11.1 Å². The van der Waals surface area contributed by atoms with Gasteiger partial charge in [0.05, 0.1) is 29.9 Å². The van der Waals surface area contributed by atoms with Gasteiger partial charge in [0.2, 0.25) is 0 Å². The highest BCUT2D eigenvalue weighted by Gasteiger charge is 2.30. The van der Waals surface area contributed by atoms with E-state index in [4.69, 9.17) is 9.84 Å². The zero-order valence-electron chi connectivity index (χ0n) is 20.4. The number of rotatable bonds is 11. The SMILES string of the molecule is CC(C)C(COc1ccc(-c2ccc(C(F)(F)F)cc2)cc1)Nc1ccc(C(=O)NCCC(=O)O)nc1. The number of aliphatic carboxylic acids is 1. The Balaban J connectivity index is 1.55. The zero-order valence-corrected chi connectivity index (χ0v) is 20.4. The van der Waals surface area contributed by atoms with Gasteiger partial charge < -0.3 is 20.5 Å². The highest BCUT2D eigenvalue weighted by molar-refractivity contribution is 5.92. The van der Waals surface area contributed by atoms with Crippen LogP contribution in [-0.4, -0.2) is 41.2 Å². The van der Waals surface area contributed by atoms with E-state index in [9.17, 15) is 22.8 Å². The van der Waals surface area contributed by atoms with Crippen molar-refractivity contribution < 1.29 is 32.6 Å². The molecule has 3 N–H and O–H groups in total. The highest BCUT2D eigenvalue weighted by atomic mass is 19.4. The summed E-state index contributed by atoms with van der Waals surface area (Å²) < 4.78 is 44.3. The molecule has 37 heavy (non-hydrogen) atoms. The molecule has 196 valence electrons. The molecule has 1 unspecified atom stereocenters. The quantitative estimate of drug-likeness (QED) is 0.312. The van der Waals surface area contributed by atoms with E-state index in [1.807, 2.05) is 13.8 Å². The smallest absolute Gasteiger partial charge is 0.416 e. The first-order valence-electron chi connectivity index (χ1n) is 11.7. The average molecular weight is 516 g/mol. The summed E-state index contributed by atoms with van der Waals surface area (Å²) >= 11 is 0. The number of aromatic nitrogens is 1. The van der Waals surface area contributed by atoms with Gasteiger partial charge in [-0.2, -0.15) is 13.2 Å². The van der Waals surface area contributed by atoms with Crippen molar-refractivity contribution in [2.45, 2.75) is 32.5 Å². The Labute approximate surface area is 212 Å². The molecule has 0 fully saturated rings. The van der Waals surface area contributed by atoms with Crippen LogP contribution in [0.2, 0.25) is 0 Å². The maximum atomic E-state index is 12.8. The first-order chi connectivity index (χ1) is 17.5. The van der Waals surface area contributed by atoms with Crippen molar-refractivity contribution >= 4 is 17.6 Å². The molecule has 10 heteroatoms. The van der Waals surface area contributed by atoms with Crippen molar-refractivity contribution in [2.75, 3.05) is 18.5 Å². The first kappa shape index (κ1) is 27.5. The van der Waals surface area contributed by atoms with Gasteiger partial charge in [-0.3, -0.25) is 9.59 Å². The molecule has 0 bridgehead atoms. The van der Waals surface area contributed by atoms with Gasteiger partial charge in [-0.05, 0) is 53.4 Å². The normalized spacial score (nSPS) is 12.2. The van der Waals surface area contributed by atoms with Crippen LogP contribution in [0.5, 0.6) is 5.75 Å². The summed E-state index contributed by atoms with van der Waals surface area (Å²) in [5.41, 5.74) is 1.64. The summed E-state index contributed by atoms with van der Waals surface area (Å²) in [6.45, 7) is 4.43. The number of ether oxygens (including phenoxy) is 1. The van der Waals surface area contributed by atoms with Crippen molar-refractivity contribution in [2.24, 2.45) is 5.92 Å². The Hall–Kier alpha value is -4.08. The van der Waals surface area contributed by atoms with Gasteiger partial charge in [-0.25, -0.2) is 4.98 Å². The molecule has 0 saturated heterocycles. The van der Waals surface area contributed by atoms with Crippen LogP contribution in [0, 0.1) is 5.92 Å². The van der Waals surface area contributed by atoms with Crippen molar-refractivity contribution in [1.82, 2.24) is 10.3 Å². The van der Waals surface area contributed by atoms with Crippen LogP contribution in [0.1, 0.15) is 36.3 Å². The number of hydrogen-bond donors (Lipinski definition) is 3. The molecule has 7 nitrogen and oxygen atoms in total. The van der Waals surface area contributed by atoms with Crippen LogP contribution in [-0.2, 0) is 11.0 Å². The molecule has 3 rings (SSSR count).